The van der Waals surface area contributed by atoms with E-state index in [4.69, 9.17) is 25.8 Å². The van der Waals surface area contributed by atoms with Gasteiger partial charge < -0.3 is 19.5 Å². The second kappa shape index (κ2) is 14.4. The highest BCUT2D eigenvalue weighted by atomic mass is 35.5. The SMILES string of the molecule is CCCCCCOc1ccc(/C=C/C(=O)Nc2scc(-c3ccc(Cl)cc3)c2C(=O)OCC)cc1OC. The monoisotopic (exact) mass is 541 g/mol. The average Bonchev–Trinajstić information content (AvgIpc) is 3.31. The van der Waals surface area contributed by atoms with Crippen LogP contribution in [-0.2, 0) is 9.53 Å². The van der Waals surface area contributed by atoms with E-state index in [-0.39, 0.29) is 12.5 Å². The average molecular weight is 542 g/mol. The number of anilines is 1. The quantitative estimate of drug-likeness (QED) is 0.135. The number of carbonyl (C=O) groups excluding carboxylic acids is 2. The van der Waals surface area contributed by atoms with E-state index in [0.717, 1.165) is 24.0 Å². The zero-order chi connectivity index (χ0) is 26.6. The molecule has 0 saturated carbocycles. The Bertz CT molecular complexity index is 1220. The first-order valence-electron chi connectivity index (χ1n) is 12.3. The molecule has 8 heteroatoms. The molecule has 0 bridgehead atoms. The minimum absolute atomic E-state index is 0.225. The van der Waals surface area contributed by atoms with Crippen LogP contribution in [0.2, 0.25) is 5.02 Å². The maximum Gasteiger partial charge on any atom is 0.341 e. The number of methoxy groups -OCH3 is 1. The summed E-state index contributed by atoms with van der Waals surface area (Å²) in [6.45, 7) is 4.77. The van der Waals surface area contributed by atoms with Gasteiger partial charge in [0, 0.05) is 22.0 Å². The van der Waals surface area contributed by atoms with Crippen molar-refractivity contribution in [2.75, 3.05) is 25.6 Å². The summed E-state index contributed by atoms with van der Waals surface area (Å²) >= 11 is 7.27. The van der Waals surface area contributed by atoms with E-state index in [0.29, 0.717) is 39.3 Å². The summed E-state index contributed by atoms with van der Waals surface area (Å²) in [6.07, 6.45) is 7.60. The Morgan fingerprint density at radius 2 is 1.81 bits per heavy atom. The highest BCUT2D eigenvalue weighted by molar-refractivity contribution is 7.15. The topological polar surface area (TPSA) is 73.9 Å². The fraction of sp³-hybridized carbons (Fsp3) is 0.310. The molecule has 0 aliphatic heterocycles. The van der Waals surface area contributed by atoms with E-state index in [9.17, 15) is 9.59 Å². The highest BCUT2D eigenvalue weighted by Gasteiger charge is 2.22. The molecule has 0 aliphatic carbocycles. The van der Waals surface area contributed by atoms with E-state index in [1.807, 2.05) is 35.7 Å². The molecule has 3 aromatic rings. The number of hydrogen-bond donors (Lipinski definition) is 1. The van der Waals surface area contributed by atoms with Crippen LogP contribution < -0.4 is 14.8 Å². The second-order valence-corrected chi connectivity index (χ2v) is 9.54. The third kappa shape index (κ3) is 8.10. The highest BCUT2D eigenvalue weighted by Crippen LogP contribution is 2.37. The first kappa shape index (κ1) is 28.3. The van der Waals surface area contributed by atoms with Crippen molar-refractivity contribution < 1.29 is 23.8 Å². The van der Waals surface area contributed by atoms with Crippen molar-refractivity contribution in [1.82, 2.24) is 0 Å². The number of halogens is 1. The molecular weight excluding hydrogens is 510 g/mol. The summed E-state index contributed by atoms with van der Waals surface area (Å²) in [4.78, 5) is 25.5. The third-order valence-electron chi connectivity index (χ3n) is 5.53. The maximum absolute atomic E-state index is 12.7. The second-order valence-electron chi connectivity index (χ2n) is 8.22. The lowest BCUT2D eigenvalue weighted by Gasteiger charge is -2.11. The summed E-state index contributed by atoms with van der Waals surface area (Å²) in [6, 6.07) is 12.7. The van der Waals surface area contributed by atoms with Crippen molar-refractivity contribution in [2.24, 2.45) is 0 Å². The van der Waals surface area contributed by atoms with Crippen LogP contribution in [0.4, 0.5) is 5.00 Å². The number of hydrogen-bond acceptors (Lipinski definition) is 6. The van der Waals surface area contributed by atoms with Gasteiger partial charge in [-0.3, -0.25) is 4.79 Å². The molecule has 37 heavy (non-hydrogen) atoms. The first-order valence-corrected chi connectivity index (χ1v) is 13.6. The largest absolute Gasteiger partial charge is 0.493 e. The zero-order valence-corrected chi connectivity index (χ0v) is 22.9. The fourth-order valence-corrected chi connectivity index (χ4v) is 4.73. The summed E-state index contributed by atoms with van der Waals surface area (Å²) in [5.74, 6) is 0.412. The van der Waals surface area contributed by atoms with E-state index >= 15 is 0 Å². The molecule has 6 nitrogen and oxygen atoms in total. The molecule has 2 aromatic carbocycles. The summed E-state index contributed by atoms with van der Waals surface area (Å²) in [7, 11) is 1.59. The third-order valence-corrected chi connectivity index (χ3v) is 6.68. The minimum Gasteiger partial charge on any atom is -0.493 e. The van der Waals surface area contributed by atoms with Gasteiger partial charge in [-0.15, -0.1) is 11.3 Å². The predicted octanol–water partition coefficient (Wildman–Crippen LogP) is 7.86. The minimum atomic E-state index is -0.497. The summed E-state index contributed by atoms with van der Waals surface area (Å²) in [5.41, 5.74) is 2.58. The van der Waals surface area contributed by atoms with Crippen LogP contribution in [0.25, 0.3) is 17.2 Å². The van der Waals surface area contributed by atoms with Crippen molar-refractivity contribution in [3.8, 4) is 22.6 Å². The molecule has 1 heterocycles. The number of unbranched alkanes of at least 4 members (excludes halogenated alkanes) is 3. The standard InChI is InChI=1S/C29H32ClNO5S/c1-4-6-7-8-17-36-24-15-9-20(18-25(24)34-3)10-16-26(32)31-28-27(29(33)35-5-2)23(19-37-28)21-11-13-22(30)14-12-21/h9-16,18-19H,4-8,17H2,1-3H3,(H,31,32)/b16-10+. The van der Waals surface area contributed by atoms with Gasteiger partial charge in [0.25, 0.3) is 0 Å². The van der Waals surface area contributed by atoms with Gasteiger partial charge in [-0.1, -0.05) is 56.0 Å². The molecule has 196 valence electrons. The number of amides is 1. The van der Waals surface area contributed by atoms with Crippen molar-refractivity contribution in [3.05, 3.63) is 70.1 Å². The van der Waals surface area contributed by atoms with Gasteiger partial charge in [0.15, 0.2) is 11.5 Å². The molecule has 0 radical (unpaired) electrons. The van der Waals surface area contributed by atoms with E-state index in [1.54, 1.807) is 32.2 Å². The van der Waals surface area contributed by atoms with Crippen molar-refractivity contribution in [2.45, 2.75) is 39.5 Å². The molecule has 0 fully saturated rings. The van der Waals surface area contributed by atoms with Crippen LogP contribution >= 0.6 is 22.9 Å². The van der Waals surface area contributed by atoms with Gasteiger partial charge in [-0.2, -0.15) is 0 Å². The van der Waals surface area contributed by atoms with Crippen molar-refractivity contribution in [3.63, 3.8) is 0 Å². The van der Waals surface area contributed by atoms with E-state index < -0.39 is 5.97 Å². The lowest BCUT2D eigenvalue weighted by atomic mass is 10.0. The molecule has 0 spiro atoms. The zero-order valence-electron chi connectivity index (χ0n) is 21.3. The molecule has 1 aromatic heterocycles. The molecule has 3 rings (SSSR count). The Balaban J connectivity index is 1.72. The van der Waals surface area contributed by atoms with Crippen LogP contribution in [0.5, 0.6) is 11.5 Å². The Morgan fingerprint density at radius 1 is 1.03 bits per heavy atom. The van der Waals surface area contributed by atoms with E-state index in [1.165, 1.54) is 30.3 Å². The summed E-state index contributed by atoms with van der Waals surface area (Å²) in [5, 5.41) is 5.65. The van der Waals surface area contributed by atoms with Gasteiger partial charge in [0.1, 0.15) is 10.6 Å². The van der Waals surface area contributed by atoms with Gasteiger partial charge in [0.2, 0.25) is 5.91 Å². The fourth-order valence-electron chi connectivity index (χ4n) is 3.64. The predicted molar refractivity (Wildman–Crippen MR) is 151 cm³/mol. The lowest BCUT2D eigenvalue weighted by molar-refractivity contribution is -0.111. The number of benzene rings is 2. The van der Waals surface area contributed by atoms with Gasteiger partial charge in [-0.05, 0) is 54.8 Å². The lowest BCUT2D eigenvalue weighted by Crippen LogP contribution is -2.12. The number of nitrogens with one attached hydrogen (secondary N) is 1. The van der Waals surface area contributed by atoms with Crippen LogP contribution in [-0.4, -0.2) is 32.2 Å². The van der Waals surface area contributed by atoms with E-state index in [2.05, 4.69) is 12.2 Å². The van der Waals surface area contributed by atoms with Crippen LogP contribution in [0, 0.1) is 0 Å². The number of rotatable bonds is 13. The van der Waals surface area contributed by atoms with Crippen molar-refractivity contribution in [1.29, 1.82) is 0 Å². The molecular formula is C29H32ClNO5S. The summed E-state index contributed by atoms with van der Waals surface area (Å²) < 4.78 is 16.6. The van der Waals surface area contributed by atoms with Gasteiger partial charge in [-0.25, -0.2) is 4.79 Å². The maximum atomic E-state index is 12.7. The smallest absolute Gasteiger partial charge is 0.341 e. The van der Waals surface area contributed by atoms with Crippen LogP contribution in [0.3, 0.4) is 0 Å². The molecule has 0 aliphatic rings. The first-order chi connectivity index (χ1) is 18.0. The van der Waals surface area contributed by atoms with Crippen LogP contribution in [0.15, 0.2) is 53.9 Å². The molecule has 0 unspecified atom stereocenters. The Kier molecular flexibility index (Phi) is 11.0. The molecule has 1 amide bonds. The van der Waals surface area contributed by atoms with Crippen molar-refractivity contribution >= 4 is 45.9 Å². The number of ether oxygens (including phenoxy) is 3. The number of thiophene rings is 1. The Hall–Kier alpha value is -3.29. The van der Waals surface area contributed by atoms with Gasteiger partial charge in [0.05, 0.1) is 20.3 Å². The number of carbonyl (C=O) groups is 2. The molecule has 0 saturated heterocycles. The Morgan fingerprint density at radius 3 is 2.51 bits per heavy atom. The normalized spacial score (nSPS) is 10.9. The molecule has 0 atom stereocenters. The number of esters is 1. The van der Waals surface area contributed by atoms with Crippen LogP contribution in [0.1, 0.15) is 55.5 Å². The molecule has 1 N–H and O–H groups in total. The Labute approximate surface area is 227 Å². The van der Waals surface area contributed by atoms with Gasteiger partial charge >= 0.3 is 5.97 Å².